The number of amides is 1. The molecular formula is C30H27FN2O3S2. The number of thioether (sulfide) groups is 1. The highest BCUT2D eigenvalue weighted by atomic mass is 32.2. The van der Waals surface area contributed by atoms with Crippen molar-refractivity contribution in [3.8, 4) is 5.75 Å². The quantitative estimate of drug-likeness (QED) is 0.141. The van der Waals surface area contributed by atoms with E-state index >= 15 is 0 Å². The molecule has 1 heterocycles. The molecule has 0 saturated heterocycles. The topological polar surface area (TPSA) is 70.9 Å². The Labute approximate surface area is 229 Å². The van der Waals surface area contributed by atoms with Gasteiger partial charge >= 0.3 is 0 Å². The van der Waals surface area contributed by atoms with Gasteiger partial charge in [0.2, 0.25) is 0 Å². The number of ether oxygens (including phenoxy) is 1. The van der Waals surface area contributed by atoms with Crippen LogP contribution in [0.4, 0.5) is 4.39 Å². The van der Waals surface area contributed by atoms with Crippen LogP contribution in [0, 0.1) is 5.82 Å². The van der Waals surface area contributed by atoms with E-state index in [4.69, 9.17) is 4.74 Å². The van der Waals surface area contributed by atoms with Crippen LogP contribution in [-0.2, 0) is 18.7 Å². The summed E-state index contributed by atoms with van der Waals surface area (Å²) in [4.78, 5) is 14.1. The molecule has 0 radical (unpaired) electrons. The Morgan fingerprint density at radius 2 is 1.84 bits per heavy atom. The number of nitrogens with zero attached hydrogens (tertiary/aromatic N) is 1. The fourth-order valence-electron chi connectivity index (χ4n) is 4.70. The summed E-state index contributed by atoms with van der Waals surface area (Å²) in [7, 11) is 1.63. The van der Waals surface area contributed by atoms with Crippen LogP contribution < -0.4 is 10.1 Å². The highest BCUT2D eigenvalue weighted by molar-refractivity contribution is 8.00. The summed E-state index contributed by atoms with van der Waals surface area (Å²) in [6.45, 7) is 0.221. The van der Waals surface area contributed by atoms with Gasteiger partial charge in [0, 0.05) is 24.3 Å². The second-order valence-corrected chi connectivity index (χ2v) is 11.3. The van der Waals surface area contributed by atoms with Crippen molar-refractivity contribution in [1.29, 1.82) is 0 Å². The molecule has 4 aromatic rings. The summed E-state index contributed by atoms with van der Waals surface area (Å²) in [5, 5.41) is 16.7. The summed E-state index contributed by atoms with van der Waals surface area (Å²) in [6.07, 6.45) is 1.21. The molecule has 1 atom stereocenters. The van der Waals surface area contributed by atoms with Crippen LogP contribution in [0.2, 0.25) is 0 Å². The van der Waals surface area contributed by atoms with Crippen LogP contribution in [-0.4, -0.2) is 23.9 Å². The van der Waals surface area contributed by atoms with Crippen LogP contribution >= 0.6 is 23.1 Å². The average molecular weight is 547 g/mol. The van der Waals surface area contributed by atoms with Crippen molar-refractivity contribution >= 4 is 34.7 Å². The van der Waals surface area contributed by atoms with Crippen molar-refractivity contribution in [2.75, 3.05) is 7.11 Å². The van der Waals surface area contributed by atoms with Crippen molar-refractivity contribution in [2.24, 2.45) is 5.16 Å². The molecule has 1 aliphatic carbocycles. The van der Waals surface area contributed by atoms with Gasteiger partial charge in [-0.2, -0.15) is 0 Å². The van der Waals surface area contributed by atoms with E-state index in [0.29, 0.717) is 29.0 Å². The maximum Gasteiger partial charge on any atom is 0.261 e. The van der Waals surface area contributed by atoms with Crippen molar-refractivity contribution in [2.45, 2.75) is 35.3 Å². The molecule has 0 aliphatic heterocycles. The van der Waals surface area contributed by atoms with Gasteiger partial charge in [0.15, 0.2) is 0 Å². The number of halogens is 1. The summed E-state index contributed by atoms with van der Waals surface area (Å²) in [6, 6.07) is 24.2. The molecule has 1 aliphatic rings. The number of benzene rings is 3. The number of hydrogen-bond donors (Lipinski definition) is 2. The van der Waals surface area contributed by atoms with Crippen LogP contribution in [0.25, 0.3) is 0 Å². The summed E-state index contributed by atoms with van der Waals surface area (Å²) in [5.41, 5.74) is 5.29. The molecule has 8 heteroatoms. The Balaban J connectivity index is 1.47. The summed E-state index contributed by atoms with van der Waals surface area (Å²) < 4.78 is 19.9. The lowest BCUT2D eigenvalue weighted by molar-refractivity contribution is 0.0954. The lowest BCUT2D eigenvalue weighted by atomic mass is 9.80. The average Bonchev–Trinajstić information content (AvgIpc) is 3.33. The highest BCUT2D eigenvalue weighted by Crippen LogP contribution is 2.45. The third-order valence-corrected chi connectivity index (χ3v) is 9.20. The number of oxime groups is 1. The monoisotopic (exact) mass is 546 g/mol. The molecule has 2 N–H and O–H groups in total. The van der Waals surface area contributed by atoms with E-state index in [9.17, 15) is 14.4 Å². The van der Waals surface area contributed by atoms with Gasteiger partial charge < -0.3 is 15.3 Å². The summed E-state index contributed by atoms with van der Waals surface area (Å²) in [5.74, 6) is 1.01. The maximum absolute atomic E-state index is 13.6. The number of nitrogens with one attached hydrogen (secondary N) is 1. The predicted octanol–water partition coefficient (Wildman–Crippen LogP) is 7.03. The minimum atomic E-state index is -0.337. The molecule has 5 rings (SSSR count). The van der Waals surface area contributed by atoms with Gasteiger partial charge in [-0.15, -0.1) is 23.1 Å². The first-order chi connectivity index (χ1) is 18.6. The largest absolute Gasteiger partial charge is 0.497 e. The Kier molecular flexibility index (Phi) is 8.10. The first-order valence-electron chi connectivity index (χ1n) is 12.3. The Morgan fingerprint density at radius 3 is 2.55 bits per heavy atom. The highest BCUT2D eigenvalue weighted by Gasteiger charge is 2.34. The van der Waals surface area contributed by atoms with E-state index in [1.54, 1.807) is 31.0 Å². The van der Waals surface area contributed by atoms with Crippen molar-refractivity contribution in [3.05, 3.63) is 117 Å². The molecule has 1 amide bonds. The lowest BCUT2D eigenvalue weighted by Gasteiger charge is -2.25. The van der Waals surface area contributed by atoms with Gasteiger partial charge in [-0.3, -0.25) is 4.79 Å². The van der Waals surface area contributed by atoms with Crippen LogP contribution in [0.3, 0.4) is 0 Å². The Morgan fingerprint density at radius 1 is 1.08 bits per heavy atom. The zero-order valence-corrected chi connectivity index (χ0v) is 22.4. The normalized spacial score (nSPS) is 15.7. The minimum Gasteiger partial charge on any atom is -0.497 e. The Bertz CT molecular complexity index is 1450. The molecule has 1 aromatic heterocycles. The number of carbonyl (C=O) groups is 1. The van der Waals surface area contributed by atoms with E-state index in [1.807, 2.05) is 42.5 Å². The maximum atomic E-state index is 13.6. The van der Waals surface area contributed by atoms with Crippen LogP contribution in [0.15, 0.2) is 88.2 Å². The molecule has 5 nitrogen and oxygen atoms in total. The molecule has 0 spiro atoms. The first kappa shape index (κ1) is 26.0. The van der Waals surface area contributed by atoms with Crippen LogP contribution in [0.1, 0.15) is 49.8 Å². The van der Waals surface area contributed by atoms with Gasteiger partial charge in [-0.1, -0.05) is 59.8 Å². The molecule has 0 bridgehead atoms. The molecule has 194 valence electrons. The van der Waals surface area contributed by atoms with E-state index in [-0.39, 0.29) is 24.2 Å². The van der Waals surface area contributed by atoms with Crippen molar-refractivity contribution < 1.29 is 19.1 Å². The molecule has 0 unspecified atom stereocenters. The molecule has 0 fully saturated rings. The third-order valence-electron chi connectivity index (χ3n) is 6.62. The molecule has 3 aromatic carbocycles. The van der Waals surface area contributed by atoms with E-state index in [0.717, 1.165) is 32.4 Å². The number of rotatable bonds is 8. The van der Waals surface area contributed by atoms with Crippen LogP contribution in [0.5, 0.6) is 5.75 Å². The van der Waals surface area contributed by atoms with Gasteiger partial charge in [0.1, 0.15) is 11.6 Å². The SMILES string of the molecule is COc1ccc([C@@H]2CC(=NO)c3c(SCc4ccccc4)sc(C(=O)NCc4cccc(F)c4)c3C2)cc1. The second-order valence-electron chi connectivity index (χ2n) is 9.08. The fourth-order valence-corrected chi connectivity index (χ4v) is 7.24. The lowest BCUT2D eigenvalue weighted by Crippen LogP contribution is -2.25. The van der Waals surface area contributed by atoms with Gasteiger partial charge in [0.05, 0.1) is 21.9 Å². The number of thiophene rings is 1. The van der Waals surface area contributed by atoms with Crippen molar-refractivity contribution in [1.82, 2.24) is 5.32 Å². The van der Waals surface area contributed by atoms with E-state index < -0.39 is 0 Å². The Hall–Kier alpha value is -3.62. The second kappa shape index (κ2) is 11.8. The number of hydrogen-bond acceptors (Lipinski definition) is 6. The number of carbonyl (C=O) groups excluding carboxylic acids is 1. The number of methoxy groups -OCH3 is 1. The standard InChI is InChI=1S/C30H27FN2O3S2/c1-36-24-12-10-21(11-13-24)22-15-25-27(26(16-22)33-35)30(37-18-19-6-3-2-4-7-19)38-28(25)29(34)32-17-20-8-5-9-23(31)14-20/h2-14,22,35H,15-18H2,1H3,(H,32,34)/t22-/m0/s1. The smallest absolute Gasteiger partial charge is 0.261 e. The zero-order valence-electron chi connectivity index (χ0n) is 20.8. The molecule has 38 heavy (non-hydrogen) atoms. The van der Waals surface area contributed by atoms with E-state index in [1.165, 1.54) is 29.0 Å². The van der Waals surface area contributed by atoms with Gasteiger partial charge in [0.25, 0.3) is 5.91 Å². The third kappa shape index (κ3) is 5.76. The van der Waals surface area contributed by atoms with Crippen molar-refractivity contribution in [3.63, 3.8) is 0 Å². The van der Waals surface area contributed by atoms with Gasteiger partial charge in [-0.05, 0) is 58.9 Å². The fraction of sp³-hybridized carbons (Fsp3) is 0.200. The number of fused-ring (bicyclic) bond motifs is 1. The summed E-state index contributed by atoms with van der Waals surface area (Å²) >= 11 is 3.07. The minimum absolute atomic E-state index is 0.0515. The first-order valence-corrected chi connectivity index (χ1v) is 14.1. The van der Waals surface area contributed by atoms with Gasteiger partial charge in [-0.25, -0.2) is 4.39 Å². The predicted molar refractivity (Wildman–Crippen MR) is 150 cm³/mol. The molecular weight excluding hydrogens is 519 g/mol. The molecule has 0 saturated carbocycles. The zero-order chi connectivity index (χ0) is 26.5. The van der Waals surface area contributed by atoms with E-state index in [2.05, 4.69) is 22.6 Å².